The maximum Gasteiger partial charge on any atom is 0.138 e. The molecule has 3 rings (SSSR count). The van der Waals surface area contributed by atoms with E-state index < -0.39 is 0 Å². The lowest BCUT2D eigenvalue weighted by molar-refractivity contribution is -0.127. The number of nitrogens with zero attached hydrogens (tertiary/aromatic N) is 3. The smallest absolute Gasteiger partial charge is 0.138 e. The molecule has 2 heterocycles. The van der Waals surface area contributed by atoms with E-state index in [0.29, 0.717) is 23.7 Å². The number of carbonyl (C=O) groups is 1. The number of hydrogen-bond acceptors (Lipinski definition) is 4. The van der Waals surface area contributed by atoms with Crippen LogP contribution in [0.15, 0.2) is 12.3 Å². The van der Waals surface area contributed by atoms with Gasteiger partial charge in [-0.05, 0) is 64.6 Å². The zero-order valence-electron chi connectivity index (χ0n) is 15.4. The highest BCUT2D eigenvalue weighted by Gasteiger charge is 2.32. The molecule has 2 aliphatic rings. The highest BCUT2D eigenvalue weighted by atomic mass is 16.1. The van der Waals surface area contributed by atoms with Crippen molar-refractivity contribution in [3.63, 3.8) is 0 Å². The van der Waals surface area contributed by atoms with E-state index in [-0.39, 0.29) is 5.92 Å². The predicted molar refractivity (Wildman–Crippen MR) is 95.9 cm³/mol. The molecule has 2 fully saturated rings. The van der Waals surface area contributed by atoms with Gasteiger partial charge in [0.2, 0.25) is 0 Å². The molecular weight excluding hydrogens is 298 g/mol. The molecule has 0 bridgehead atoms. The van der Waals surface area contributed by atoms with Gasteiger partial charge in [-0.2, -0.15) is 0 Å². The maximum atomic E-state index is 12.2. The van der Waals surface area contributed by atoms with Crippen LogP contribution in [0.2, 0.25) is 0 Å². The van der Waals surface area contributed by atoms with Crippen LogP contribution >= 0.6 is 0 Å². The van der Waals surface area contributed by atoms with Crippen LogP contribution in [0.3, 0.4) is 0 Å². The number of likely N-dealkylation sites (tertiary alicyclic amines) is 1. The van der Waals surface area contributed by atoms with Crippen LogP contribution in [0, 0.1) is 18.8 Å². The number of aromatic nitrogens is 2. The summed E-state index contributed by atoms with van der Waals surface area (Å²) >= 11 is 0. The number of Topliss-reactive ketones (excluding diaryl/α,β-unsaturated/α-hetero) is 1. The van der Waals surface area contributed by atoms with Crippen molar-refractivity contribution in [2.75, 3.05) is 13.1 Å². The lowest BCUT2D eigenvalue weighted by Gasteiger charge is -2.40. The predicted octanol–water partition coefficient (Wildman–Crippen LogP) is 3.75. The van der Waals surface area contributed by atoms with Crippen molar-refractivity contribution in [1.82, 2.24) is 14.9 Å². The van der Waals surface area contributed by atoms with E-state index in [0.717, 1.165) is 18.7 Å². The van der Waals surface area contributed by atoms with Gasteiger partial charge in [0.15, 0.2) is 0 Å². The minimum atomic E-state index is 0.193. The Morgan fingerprint density at radius 1 is 1.12 bits per heavy atom. The topological polar surface area (TPSA) is 46.1 Å². The summed E-state index contributed by atoms with van der Waals surface area (Å²) in [5, 5.41) is 0. The van der Waals surface area contributed by atoms with Crippen LogP contribution in [0.1, 0.15) is 69.8 Å². The van der Waals surface area contributed by atoms with E-state index in [1.807, 2.05) is 27.0 Å². The molecule has 4 heteroatoms. The maximum absolute atomic E-state index is 12.2. The third-order valence-electron chi connectivity index (χ3n) is 5.93. The second kappa shape index (κ2) is 7.73. The fourth-order valence-corrected chi connectivity index (χ4v) is 4.46. The molecule has 4 nitrogen and oxygen atoms in total. The molecule has 24 heavy (non-hydrogen) atoms. The van der Waals surface area contributed by atoms with Gasteiger partial charge in [-0.25, -0.2) is 9.97 Å². The molecule has 1 aromatic rings. The molecule has 0 radical (unpaired) electrons. The molecule has 1 aliphatic heterocycles. The van der Waals surface area contributed by atoms with Gasteiger partial charge in [0, 0.05) is 35.7 Å². The summed E-state index contributed by atoms with van der Waals surface area (Å²) in [6.45, 7) is 8.37. The molecule has 0 aromatic carbocycles. The number of carbonyl (C=O) groups excluding carboxylic acids is 1. The Kier molecular flexibility index (Phi) is 5.65. The molecule has 0 N–H and O–H groups in total. The third kappa shape index (κ3) is 4.02. The summed E-state index contributed by atoms with van der Waals surface area (Å²) in [5.74, 6) is 2.46. The first-order valence-corrected chi connectivity index (χ1v) is 9.62. The number of aryl methyl sites for hydroxylation is 1. The number of piperidine rings is 1. The summed E-state index contributed by atoms with van der Waals surface area (Å²) in [6, 6.07) is 2.77. The van der Waals surface area contributed by atoms with Crippen LogP contribution in [0.4, 0.5) is 0 Å². The molecule has 1 saturated heterocycles. The minimum absolute atomic E-state index is 0.193. The third-order valence-corrected chi connectivity index (χ3v) is 5.93. The number of ketones is 1. The van der Waals surface area contributed by atoms with Crippen molar-refractivity contribution in [2.24, 2.45) is 11.8 Å². The second-order valence-electron chi connectivity index (χ2n) is 7.90. The van der Waals surface area contributed by atoms with Gasteiger partial charge in [0.1, 0.15) is 11.6 Å². The van der Waals surface area contributed by atoms with Gasteiger partial charge in [-0.15, -0.1) is 0 Å². The summed E-state index contributed by atoms with van der Waals surface area (Å²) in [4.78, 5) is 23.7. The van der Waals surface area contributed by atoms with Crippen molar-refractivity contribution in [1.29, 1.82) is 0 Å². The van der Waals surface area contributed by atoms with Gasteiger partial charge >= 0.3 is 0 Å². The largest absolute Gasteiger partial charge is 0.300 e. The van der Waals surface area contributed by atoms with Crippen LogP contribution < -0.4 is 0 Å². The molecule has 0 amide bonds. The first-order valence-electron chi connectivity index (χ1n) is 9.62. The molecule has 0 spiro atoms. The van der Waals surface area contributed by atoms with Crippen LogP contribution in [-0.4, -0.2) is 39.8 Å². The van der Waals surface area contributed by atoms with E-state index in [1.54, 1.807) is 0 Å². The Hall–Kier alpha value is -1.29. The van der Waals surface area contributed by atoms with Gasteiger partial charge in [-0.3, -0.25) is 4.79 Å². The zero-order chi connectivity index (χ0) is 17.1. The first-order chi connectivity index (χ1) is 11.5. The standard InChI is InChI=1S/C20H31N3O/c1-14(2)20(24)17-4-6-18(7-5-17)23-12-9-16(10-13-23)19-8-11-21-15(3)22-19/h8,11,14,16-18H,4-7,9-10,12-13H2,1-3H3/t17-,18+. The minimum Gasteiger partial charge on any atom is -0.300 e. The average molecular weight is 329 g/mol. The summed E-state index contributed by atoms with van der Waals surface area (Å²) in [6.07, 6.45) is 8.85. The van der Waals surface area contributed by atoms with Crippen molar-refractivity contribution in [2.45, 2.75) is 71.3 Å². The van der Waals surface area contributed by atoms with E-state index in [1.165, 1.54) is 44.5 Å². The lowest BCUT2D eigenvalue weighted by atomic mass is 9.79. The Labute approximate surface area is 146 Å². The Bertz CT molecular complexity index is 556. The zero-order valence-corrected chi connectivity index (χ0v) is 15.4. The SMILES string of the molecule is Cc1nccc(C2CCN([C@H]3CC[C@@H](C(=O)C(C)C)CC3)CC2)n1. The van der Waals surface area contributed by atoms with E-state index in [4.69, 9.17) is 0 Å². The molecular formula is C20H31N3O. The molecule has 1 saturated carbocycles. The van der Waals surface area contributed by atoms with Crippen LogP contribution in [0.25, 0.3) is 0 Å². The van der Waals surface area contributed by atoms with Gasteiger partial charge in [0.25, 0.3) is 0 Å². The fraction of sp³-hybridized carbons (Fsp3) is 0.750. The molecule has 132 valence electrons. The highest BCUT2D eigenvalue weighted by molar-refractivity contribution is 5.82. The normalized spacial score (nSPS) is 26.7. The fourth-order valence-electron chi connectivity index (χ4n) is 4.46. The van der Waals surface area contributed by atoms with E-state index in [2.05, 4.69) is 20.9 Å². The molecule has 0 unspecified atom stereocenters. The first kappa shape index (κ1) is 17.5. The van der Waals surface area contributed by atoms with Crippen molar-refractivity contribution in [3.8, 4) is 0 Å². The quantitative estimate of drug-likeness (QED) is 0.844. The van der Waals surface area contributed by atoms with Gasteiger partial charge in [0.05, 0.1) is 0 Å². The summed E-state index contributed by atoms with van der Waals surface area (Å²) < 4.78 is 0. The average Bonchev–Trinajstić information content (AvgIpc) is 2.61. The summed E-state index contributed by atoms with van der Waals surface area (Å²) in [7, 11) is 0. The Morgan fingerprint density at radius 2 is 1.79 bits per heavy atom. The molecule has 1 aromatic heterocycles. The van der Waals surface area contributed by atoms with Crippen molar-refractivity contribution in [3.05, 3.63) is 23.8 Å². The Morgan fingerprint density at radius 3 is 2.38 bits per heavy atom. The molecule has 1 aliphatic carbocycles. The lowest BCUT2D eigenvalue weighted by Crippen LogP contribution is -2.43. The van der Waals surface area contributed by atoms with E-state index >= 15 is 0 Å². The monoisotopic (exact) mass is 329 g/mol. The van der Waals surface area contributed by atoms with Crippen LogP contribution in [-0.2, 0) is 4.79 Å². The van der Waals surface area contributed by atoms with Crippen LogP contribution in [0.5, 0.6) is 0 Å². The van der Waals surface area contributed by atoms with E-state index in [9.17, 15) is 4.79 Å². The molecule has 0 atom stereocenters. The Balaban J connectivity index is 1.48. The summed E-state index contributed by atoms with van der Waals surface area (Å²) in [5.41, 5.74) is 1.22. The second-order valence-corrected chi connectivity index (χ2v) is 7.90. The number of hydrogen-bond donors (Lipinski definition) is 0. The highest BCUT2D eigenvalue weighted by Crippen LogP contribution is 2.33. The number of rotatable bonds is 4. The van der Waals surface area contributed by atoms with Gasteiger partial charge in [-0.1, -0.05) is 13.8 Å². The van der Waals surface area contributed by atoms with Crippen molar-refractivity contribution >= 4 is 5.78 Å². The van der Waals surface area contributed by atoms with Crippen molar-refractivity contribution < 1.29 is 4.79 Å². The van der Waals surface area contributed by atoms with Gasteiger partial charge < -0.3 is 4.90 Å².